The van der Waals surface area contributed by atoms with Gasteiger partial charge in [-0.25, -0.2) is 0 Å². The summed E-state index contributed by atoms with van der Waals surface area (Å²) >= 11 is 0. The maximum atomic E-state index is 12.8. The van der Waals surface area contributed by atoms with Crippen LogP contribution in [0.1, 0.15) is 39.8 Å². The number of hydrogen-bond donors (Lipinski definition) is 1. The number of H-pyrrole nitrogens is 1. The van der Waals surface area contributed by atoms with Crippen LogP contribution in [-0.2, 0) is 24.3 Å². The molecule has 1 aromatic heterocycles. The van der Waals surface area contributed by atoms with E-state index >= 15 is 0 Å². The number of ether oxygens (including phenoxy) is 1. The summed E-state index contributed by atoms with van der Waals surface area (Å²) in [5, 5.41) is 7.31. The van der Waals surface area contributed by atoms with Crippen LogP contribution >= 0.6 is 0 Å². The maximum absolute atomic E-state index is 12.8. The van der Waals surface area contributed by atoms with E-state index in [0.29, 0.717) is 18.7 Å². The monoisotopic (exact) mass is 377 g/mol. The molecule has 0 atom stereocenters. The van der Waals surface area contributed by atoms with Crippen LogP contribution in [0, 0.1) is 6.92 Å². The molecule has 3 aromatic rings. The minimum atomic E-state index is 0.00662. The largest absolute Gasteiger partial charge is 0.378 e. The van der Waals surface area contributed by atoms with Gasteiger partial charge >= 0.3 is 0 Å². The Hall–Kier alpha value is -2.92. The highest BCUT2D eigenvalue weighted by Crippen LogP contribution is 2.26. The number of methoxy groups -OCH3 is 1. The lowest BCUT2D eigenvalue weighted by Crippen LogP contribution is -2.26. The predicted molar refractivity (Wildman–Crippen MR) is 111 cm³/mol. The van der Waals surface area contributed by atoms with E-state index in [1.165, 1.54) is 5.56 Å². The van der Waals surface area contributed by atoms with Gasteiger partial charge in [-0.05, 0) is 42.2 Å². The van der Waals surface area contributed by atoms with Crippen molar-refractivity contribution in [1.82, 2.24) is 15.1 Å². The zero-order valence-corrected chi connectivity index (χ0v) is 17.0. The molecule has 0 fully saturated rings. The van der Waals surface area contributed by atoms with E-state index in [0.717, 1.165) is 34.5 Å². The molecule has 0 bridgehead atoms. The second kappa shape index (κ2) is 8.85. The summed E-state index contributed by atoms with van der Waals surface area (Å²) in [4.78, 5) is 14.5. The number of carbonyl (C=O) groups excluding carboxylic acids is 1. The van der Waals surface area contributed by atoms with E-state index in [4.69, 9.17) is 4.74 Å². The van der Waals surface area contributed by atoms with Crippen LogP contribution in [0.25, 0.3) is 11.1 Å². The summed E-state index contributed by atoms with van der Waals surface area (Å²) in [6, 6.07) is 16.1. The van der Waals surface area contributed by atoms with Crippen molar-refractivity contribution < 1.29 is 9.53 Å². The normalized spacial score (nSPS) is 10.9. The third-order valence-corrected chi connectivity index (χ3v) is 4.92. The number of benzene rings is 2. The number of aromatic nitrogens is 2. The molecule has 1 amide bonds. The van der Waals surface area contributed by atoms with Crippen LogP contribution < -0.4 is 0 Å². The lowest BCUT2D eigenvalue weighted by molar-refractivity contribution is 0.0785. The molecular weight excluding hydrogens is 350 g/mol. The fourth-order valence-corrected chi connectivity index (χ4v) is 3.33. The van der Waals surface area contributed by atoms with Gasteiger partial charge in [0.25, 0.3) is 5.91 Å². The van der Waals surface area contributed by atoms with E-state index in [-0.39, 0.29) is 5.91 Å². The number of carbonyl (C=O) groups is 1. The van der Waals surface area contributed by atoms with Gasteiger partial charge in [0.1, 0.15) is 0 Å². The molecule has 0 saturated carbocycles. The Morgan fingerprint density at radius 1 is 1.07 bits per heavy atom. The lowest BCUT2D eigenvalue weighted by Gasteiger charge is -2.18. The van der Waals surface area contributed by atoms with Crippen LogP contribution in [0.3, 0.4) is 0 Å². The fourth-order valence-electron chi connectivity index (χ4n) is 3.33. The Morgan fingerprint density at radius 3 is 2.32 bits per heavy atom. The van der Waals surface area contributed by atoms with E-state index in [1.807, 2.05) is 38.2 Å². The molecule has 0 aliphatic heterocycles. The summed E-state index contributed by atoms with van der Waals surface area (Å²) < 4.78 is 5.22. The zero-order valence-electron chi connectivity index (χ0n) is 17.0. The van der Waals surface area contributed by atoms with Crippen LogP contribution in [0.4, 0.5) is 0 Å². The molecule has 0 spiro atoms. The highest BCUT2D eigenvalue weighted by Gasteiger charge is 2.15. The molecular formula is C23H27N3O2. The van der Waals surface area contributed by atoms with Gasteiger partial charge < -0.3 is 9.64 Å². The average molecular weight is 377 g/mol. The van der Waals surface area contributed by atoms with Crippen molar-refractivity contribution in [3.63, 3.8) is 0 Å². The number of hydrogen-bond acceptors (Lipinski definition) is 3. The molecule has 0 radical (unpaired) electrons. The number of nitrogens with zero attached hydrogens (tertiary/aromatic N) is 2. The molecule has 3 rings (SSSR count). The Bertz CT molecular complexity index is 927. The smallest absolute Gasteiger partial charge is 0.253 e. The second-order valence-electron chi connectivity index (χ2n) is 7.01. The van der Waals surface area contributed by atoms with E-state index in [9.17, 15) is 4.79 Å². The summed E-state index contributed by atoms with van der Waals surface area (Å²) in [6.45, 7) is 5.15. The summed E-state index contributed by atoms with van der Waals surface area (Å²) in [5.41, 5.74) is 7.01. The molecule has 1 N–H and O–H groups in total. The van der Waals surface area contributed by atoms with Crippen molar-refractivity contribution in [2.45, 2.75) is 33.4 Å². The summed E-state index contributed by atoms with van der Waals surface area (Å²) in [5.74, 6) is 0.00662. The van der Waals surface area contributed by atoms with Crippen LogP contribution in [0.2, 0.25) is 0 Å². The van der Waals surface area contributed by atoms with Crippen LogP contribution in [0.5, 0.6) is 0 Å². The van der Waals surface area contributed by atoms with Gasteiger partial charge in [0.2, 0.25) is 0 Å². The molecule has 0 aliphatic rings. The number of aryl methyl sites for hydroxylation is 2. The molecule has 0 unspecified atom stereocenters. The van der Waals surface area contributed by atoms with Crippen molar-refractivity contribution in [2.75, 3.05) is 14.2 Å². The number of rotatable bonds is 7. The average Bonchev–Trinajstić information content (AvgIpc) is 3.08. The first-order valence-electron chi connectivity index (χ1n) is 9.50. The molecule has 0 saturated heterocycles. The van der Waals surface area contributed by atoms with Crippen molar-refractivity contribution in [1.29, 1.82) is 0 Å². The Labute approximate surface area is 166 Å². The topological polar surface area (TPSA) is 58.2 Å². The third-order valence-electron chi connectivity index (χ3n) is 4.92. The molecule has 5 nitrogen and oxygen atoms in total. The van der Waals surface area contributed by atoms with Crippen molar-refractivity contribution >= 4 is 5.91 Å². The number of nitrogens with one attached hydrogen (secondary N) is 1. The van der Waals surface area contributed by atoms with Gasteiger partial charge in [-0.2, -0.15) is 5.10 Å². The van der Waals surface area contributed by atoms with Crippen molar-refractivity contribution in [3.05, 3.63) is 76.6 Å². The quantitative estimate of drug-likeness (QED) is 0.665. The predicted octanol–water partition coefficient (Wildman–Crippen LogP) is 4.37. The first-order chi connectivity index (χ1) is 13.5. The molecule has 5 heteroatoms. The van der Waals surface area contributed by atoms with E-state index in [1.54, 1.807) is 12.0 Å². The molecule has 2 aromatic carbocycles. The Morgan fingerprint density at radius 2 is 1.71 bits per heavy atom. The third kappa shape index (κ3) is 4.31. The number of amides is 1. The van der Waals surface area contributed by atoms with Crippen molar-refractivity contribution in [2.24, 2.45) is 0 Å². The van der Waals surface area contributed by atoms with Gasteiger partial charge in [-0.1, -0.05) is 43.3 Å². The van der Waals surface area contributed by atoms with E-state index < -0.39 is 0 Å². The maximum Gasteiger partial charge on any atom is 0.253 e. The highest BCUT2D eigenvalue weighted by molar-refractivity contribution is 5.94. The summed E-state index contributed by atoms with van der Waals surface area (Å²) in [7, 11) is 3.49. The van der Waals surface area contributed by atoms with Gasteiger partial charge in [0.05, 0.1) is 12.3 Å². The second-order valence-corrected chi connectivity index (χ2v) is 7.01. The van der Waals surface area contributed by atoms with E-state index in [2.05, 4.69) is 41.4 Å². The van der Waals surface area contributed by atoms with Gasteiger partial charge in [-0.15, -0.1) is 0 Å². The molecule has 146 valence electrons. The Kier molecular flexibility index (Phi) is 6.26. The first kappa shape index (κ1) is 19.8. The minimum absolute atomic E-state index is 0.00662. The zero-order chi connectivity index (χ0) is 20.1. The van der Waals surface area contributed by atoms with Gasteiger partial charge in [-0.3, -0.25) is 9.89 Å². The van der Waals surface area contributed by atoms with Gasteiger partial charge in [0, 0.05) is 37.5 Å². The molecule has 1 heterocycles. The fraction of sp³-hybridized carbons (Fsp3) is 0.304. The minimum Gasteiger partial charge on any atom is -0.378 e. The molecule has 28 heavy (non-hydrogen) atoms. The number of aromatic amines is 1. The van der Waals surface area contributed by atoms with Crippen LogP contribution in [-0.4, -0.2) is 35.2 Å². The summed E-state index contributed by atoms with van der Waals surface area (Å²) in [6.07, 6.45) is 1.02. The first-order valence-corrected chi connectivity index (χ1v) is 9.50. The highest BCUT2D eigenvalue weighted by atomic mass is 16.5. The molecule has 0 aliphatic carbocycles. The lowest BCUT2D eigenvalue weighted by atomic mass is 10.0. The Balaban J connectivity index is 1.73. The SMILES string of the molecule is CCc1ccc(CN(C)C(=O)c2ccc(-c3c(COC)n[nH]c3C)cc2)cc1. The van der Waals surface area contributed by atoms with Crippen LogP contribution in [0.15, 0.2) is 48.5 Å². The standard InChI is InChI=1S/C23H27N3O2/c1-5-17-6-8-18(9-7-17)14-26(3)23(27)20-12-10-19(11-13-20)22-16(2)24-25-21(22)15-28-4/h6-13H,5,14-15H2,1-4H3,(H,24,25). The van der Waals surface area contributed by atoms with Crippen molar-refractivity contribution in [3.8, 4) is 11.1 Å². The van der Waals surface area contributed by atoms with Gasteiger partial charge in [0.15, 0.2) is 0 Å².